The minimum atomic E-state index is 0.00810. The predicted octanol–water partition coefficient (Wildman–Crippen LogP) is 1.49. The van der Waals surface area contributed by atoms with Crippen molar-refractivity contribution in [2.45, 2.75) is 18.9 Å². The van der Waals surface area contributed by atoms with E-state index in [9.17, 15) is 0 Å². The van der Waals surface area contributed by atoms with Crippen molar-refractivity contribution in [1.82, 2.24) is 15.5 Å². The summed E-state index contributed by atoms with van der Waals surface area (Å²) in [5.74, 6) is 1.33. The Kier molecular flexibility index (Phi) is 3.57. The molecule has 2 heterocycles. The van der Waals surface area contributed by atoms with Gasteiger partial charge in [-0.15, -0.1) is 0 Å². The zero-order chi connectivity index (χ0) is 13.1. The molecule has 0 radical (unpaired) electrons. The molecule has 1 unspecified atom stereocenters. The number of rotatable bonds is 4. The summed E-state index contributed by atoms with van der Waals surface area (Å²) in [5.41, 5.74) is 2.58. The van der Waals surface area contributed by atoms with Crippen molar-refractivity contribution in [1.29, 1.82) is 0 Å². The third-order valence-corrected chi connectivity index (χ3v) is 3.37. The summed E-state index contributed by atoms with van der Waals surface area (Å²) in [5, 5.41) is 7.43. The third kappa shape index (κ3) is 2.52. The second-order valence-electron chi connectivity index (χ2n) is 4.63. The fourth-order valence-electron chi connectivity index (χ4n) is 2.40. The third-order valence-electron chi connectivity index (χ3n) is 3.37. The number of nitrogens with zero attached hydrogens (tertiary/aromatic N) is 2. The van der Waals surface area contributed by atoms with Crippen LogP contribution in [0.5, 0.6) is 0 Å². The number of hydrogen-bond donors (Lipinski definition) is 1. The van der Waals surface area contributed by atoms with E-state index in [4.69, 9.17) is 9.26 Å². The van der Waals surface area contributed by atoms with Crippen LogP contribution in [-0.4, -0.2) is 30.4 Å². The van der Waals surface area contributed by atoms with Gasteiger partial charge in [0.2, 0.25) is 5.89 Å². The molecule has 1 aromatic heterocycles. The van der Waals surface area contributed by atoms with E-state index in [1.165, 1.54) is 11.1 Å². The number of ether oxygens (including phenoxy) is 1. The Morgan fingerprint density at radius 2 is 2.32 bits per heavy atom. The first-order chi connectivity index (χ1) is 9.38. The molecule has 3 rings (SSSR count). The van der Waals surface area contributed by atoms with Gasteiger partial charge in [0.05, 0.1) is 6.61 Å². The number of fused-ring (bicyclic) bond motifs is 1. The van der Waals surface area contributed by atoms with Crippen molar-refractivity contribution in [3.63, 3.8) is 0 Å². The molecule has 0 amide bonds. The van der Waals surface area contributed by atoms with Gasteiger partial charge in [-0.3, -0.25) is 0 Å². The Balaban J connectivity index is 1.85. The summed E-state index contributed by atoms with van der Waals surface area (Å²) in [6, 6.07) is 8.39. The Bertz CT molecular complexity index is 553. The van der Waals surface area contributed by atoms with Crippen LogP contribution in [0.2, 0.25) is 0 Å². The van der Waals surface area contributed by atoms with Crippen molar-refractivity contribution in [3.05, 3.63) is 47.1 Å². The van der Waals surface area contributed by atoms with Crippen LogP contribution in [0.25, 0.3) is 0 Å². The summed E-state index contributed by atoms with van der Waals surface area (Å²) in [7, 11) is 1.67. The molecule has 19 heavy (non-hydrogen) atoms. The lowest BCUT2D eigenvalue weighted by Gasteiger charge is -2.23. The maximum absolute atomic E-state index is 5.38. The maximum atomic E-state index is 5.38. The second kappa shape index (κ2) is 5.50. The average molecular weight is 259 g/mol. The van der Waals surface area contributed by atoms with Gasteiger partial charge in [0.25, 0.3) is 0 Å². The molecule has 1 aliphatic rings. The van der Waals surface area contributed by atoms with E-state index in [0.717, 1.165) is 13.0 Å². The number of methoxy groups -OCH3 is 1. The standard InChI is InChI=1S/C14H17N3O2/c1-18-9-7-12-16-14(19-17-12)13-11-5-3-2-4-10(11)6-8-15-13/h2-5,13,15H,6-9H2,1H3. The van der Waals surface area contributed by atoms with Crippen LogP contribution < -0.4 is 5.32 Å². The molecular formula is C14H17N3O2. The van der Waals surface area contributed by atoms with Crippen LogP contribution in [0.15, 0.2) is 28.8 Å². The van der Waals surface area contributed by atoms with Gasteiger partial charge in [-0.05, 0) is 17.5 Å². The normalized spacial score (nSPS) is 18.3. The lowest BCUT2D eigenvalue weighted by molar-refractivity contribution is 0.199. The first kappa shape index (κ1) is 12.3. The zero-order valence-electron chi connectivity index (χ0n) is 10.9. The van der Waals surface area contributed by atoms with Crippen LogP contribution in [0.4, 0.5) is 0 Å². The molecule has 1 aromatic carbocycles. The van der Waals surface area contributed by atoms with E-state index in [-0.39, 0.29) is 6.04 Å². The average Bonchev–Trinajstić information content (AvgIpc) is 2.93. The van der Waals surface area contributed by atoms with Crippen molar-refractivity contribution in [3.8, 4) is 0 Å². The van der Waals surface area contributed by atoms with Gasteiger partial charge in [0.15, 0.2) is 5.82 Å². The first-order valence-corrected chi connectivity index (χ1v) is 6.51. The molecule has 0 aliphatic carbocycles. The molecule has 2 aromatic rings. The largest absolute Gasteiger partial charge is 0.384 e. The van der Waals surface area contributed by atoms with Gasteiger partial charge in [-0.25, -0.2) is 0 Å². The summed E-state index contributed by atoms with van der Waals surface area (Å²) in [4.78, 5) is 4.45. The molecule has 100 valence electrons. The maximum Gasteiger partial charge on any atom is 0.248 e. The smallest absolute Gasteiger partial charge is 0.248 e. The highest BCUT2D eigenvalue weighted by atomic mass is 16.5. The molecular weight excluding hydrogens is 242 g/mol. The quantitative estimate of drug-likeness (QED) is 0.901. The highest BCUT2D eigenvalue weighted by Gasteiger charge is 2.25. The van der Waals surface area contributed by atoms with Crippen LogP contribution in [0.1, 0.15) is 28.9 Å². The van der Waals surface area contributed by atoms with E-state index >= 15 is 0 Å². The first-order valence-electron chi connectivity index (χ1n) is 6.51. The Morgan fingerprint density at radius 1 is 1.42 bits per heavy atom. The van der Waals surface area contributed by atoms with Crippen molar-refractivity contribution in [2.75, 3.05) is 20.3 Å². The van der Waals surface area contributed by atoms with Gasteiger partial charge in [-0.2, -0.15) is 4.98 Å². The number of aromatic nitrogens is 2. The lowest BCUT2D eigenvalue weighted by Crippen LogP contribution is -2.30. The van der Waals surface area contributed by atoms with Crippen LogP contribution in [-0.2, 0) is 17.6 Å². The van der Waals surface area contributed by atoms with Crippen LogP contribution in [0, 0.1) is 0 Å². The van der Waals surface area contributed by atoms with Gasteiger partial charge >= 0.3 is 0 Å². The van der Waals surface area contributed by atoms with E-state index < -0.39 is 0 Å². The topological polar surface area (TPSA) is 60.2 Å². The van der Waals surface area contributed by atoms with Crippen molar-refractivity contribution >= 4 is 0 Å². The molecule has 0 saturated heterocycles. The fourth-order valence-corrected chi connectivity index (χ4v) is 2.40. The Hall–Kier alpha value is -1.72. The van der Waals surface area contributed by atoms with Crippen LogP contribution >= 0.6 is 0 Å². The molecule has 1 N–H and O–H groups in total. The molecule has 5 nitrogen and oxygen atoms in total. The Morgan fingerprint density at radius 3 is 3.21 bits per heavy atom. The van der Waals surface area contributed by atoms with Gasteiger partial charge < -0.3 is 14.6 Å². The number of benzene rings is 1. The van der Waals surface area contributed by atoms with E-state index in [1.54, 1.807) is 7.11 Å². The summed E-state index contributed by atoms with van der Waals surface area (Å²) in [6.07, 6.45) is 1.71. The lowest BCUT2D eigenvalue weighted by atomic mass is 9.94. The minimum Gasteiger partial charge on any atom is -0.384 e. The number of hydrogen-bond acceptors (Lipinski definition) is 5. The highest BCUT2D eigenvalue weighted by molar-refractivity contribution is 5.35. The summed E-state index contributed by atoms with van der Waals surface area (Å²) in [6.45, 7) is 1.53. The zero-order valence-corrected chi connectivity index (χ0v) is 10.9. The molecule has 0 fully saturated rings. The van der Waals surface area contributed by atoms with E-state index in [0.29, 0.717) is 24.7 Å². The van der Waals surface area contributed by atoms with Crippen LogP contribution in [0.3, 0.4) is 0 Å². The highest BCUT2D eigenvalue weighted by Crippen LogP contribution is 2.27. The summed E-state index contributed by atoms with van der Waals surface area (Å²) < 4.78 is 10.4. The molecule has 5 heteroatoms. The predicted molar refractivity (Wildman–Crippen MR) is 69.9 cm³/mol. The van der Waals surface area contributed by atoms with Crippen molar-refractivity contribution in [2.24, 2.45) is 0 Å². The summed E-state index contributed by atoms with van der Waals surface area (Å²) >= 11 is 0. The molecule has 0 bridgehead atoms. The SMILES string of the molecule is COCCc1noc(C2NCCc3ccccc32)n1. The van der Waals surface area contributed by atoms with E-state index in [2.05, 4.69) is 33.7 Å². The molecule has 0 spiro atoms. The number of nitrogens with one attached hydrogen (secondary N) is 1. The minimum absolute atomic E-state index is 0.00810. The van der Waals surface area contributed by atoms with Crippen molar-refractivity contribution < 1.29 is 9.26 Å². The van der Waals surface area contributed by atoms with E-state index in [1.807, 2.05) is 6.07 Å². The van der Waals surface area contributed by atoms with Gasteiger partial charge in [0, 0.05) is 20.1 Å². The fraction of sp³-hybridized carbons (Fsp3) is 0.429. The molecule has 1 atom stereocenters. The van der Waals surface area contributed by atoms with Gasteiger partial charge in [0.1, 0.15) is 6.04 Å². The second-order valence-corrected chi connectivity index (χ2v) is 4.63. The molecule has 0 saturated carbocycles. The molecule has 1 aliphatic heterocycles. The van der Waals surface area contributed by atoms with Gasteiger partial charge in [-0.1, -0.05) is 29.4 Å². The monoisotopic (exact) mass is 259 g/mol. The Labute approximate surface area is 112 Å².